The summed E-state index contributed by atoms with van der Waals surface area (Å²) in [5.41, 5.74) is 0.875. The van der Waals surface area contributed by atoms with Gasteiger partial charge in [-0.05, 0) is 29.5 Å². The van der Waals surface area contributed by atoms with Crippen LogP contribution in [0.15, 0.2) is 23.2 Å². The normalized spacial score (nSPS) is 24.4. The molecule has 3 unspecified atom stereocenters. The minimum absolute atomic E-state index is 0.406. The zero-order valence-electron chi connectivity index (χ0n) is 15.3. The molecule has 1 aromatic rings. The van der Waals surface area contributed by atoms with Crippen molar-refractivity contribution in [3.05, 3.63) is 23.8 Å². The number of nitrogens with zero attached hydrogens (tertiary/aromatic N) is 1. The van der Waals surface area contributed by atoms with Gasteiger partial charge in [-0.25, -0.2) is 0 Å². The molecule has 1 saturated carbocycles. The summed E-state index contributed by atoms with van der Waals surface area (Å²) in [5, 5.41) is 11.6. The number of aliphatic imine (C=N–C) groups is 1. The number of para-hydroxylation sites is 1. The van der Waals surface area contributed by atoms with Crippen LogP contribution in [0.4, 0.5) is 0 Å². The molecule has 6 heteroatoms. The Kier molecular flexibility index (Phi) is 9.81. The molecule has 1 aliphatic rings. The molecule has 134 valence electrons. The number of phenols is 1. The van der Waals surface area contributed by atoms with Crippen molar-refractivity contribution in [3.8, 4) is 5.75 Å². The first-order chi connectivity index (χ1) is 11.2. The molecular weight excluding hydrogens is 436 g/mol. The Morgan fingerprint density at radius 3 is 2.42 bits per heavy atom. The summed E-state index contributed by atoms with van der Waals surface area (Å²) in [4.78, 5) is 4.80. The van der Waals surface area contributed by atoms with Crippen LogP contribution >= 0.6 is 17.0 Å². The maximum absolute atomic E-state index is 10.5. The molecule has 2 nitrogen and oxygen atoms in total. The molecule has 0 radical (unpaired) electrons. The molecule has 0 bridgehead atoms. The van der Waals surface area contributed by atoms with Crippen molar-refractivity contribution < 1.29 is 26.0 Å². The van der Waals surface area contributed by atoms with Gasteiger partial charge in [-0.1, -0.05) is 58.5 Å². The molecular formula is C18H29Cl2NOSiZr. The first-order valence-corrected chi connectivity index (χ1v) is 18.4. The van der Waals surface area contributed by atoms with Gasteiger partial charge < -0.3 is 5.11 Å². The quantitative estimate of drug-likeness (QED) is 0.460. The second-order valence-corrected chi connectivity index (χ2v) is 16.4. The third kappa shape index (κ3) is 6.59. The number of hydrogen-bond acceptors (Lipinski definition) is 2. The van der Waals surface area contributed by atoms with Crippen LogP contribution in [0.2, 0.25) is 19.6 Å². The Morgan fingerprint density at radius 2 is 1.83 bits per heavy atom. The van der Waals surface area contributed by atoms with E-state index in [0.29, 0.717) is 17.7 Å². The van der Waals surface area contributed by atoms with E-state index >= 15 is 0 Å². The summed E-state index contributed by atoms with van der Waals surface area (Å²) < 4.78 is 0. The van der Waals surface area contributed by atoms with Crippen molar-refractivity contribution in [1.82, 2.24) is 0 Å². The third-order valence-corrected chi connectivity index (χ3v) is 6.96. The molecule has 24 heavy (non-hydrogen) atoms. The van der Waals surface area contributed by atoms with Gasteiger partial charge in [-0.3, -0.25) is 4.99 Å². The second-order valence-electron chi connectivity index (χ2n) is 7.68. The number of phenolic OH excluding ortho intramolecular Hbond substituents is 1. The zero-order valence-corrected chi connectivity index (χ0v) is 20.3. The Morgan fingerprint density at radius 1 is 1.21 bits per heavy atom. The van der Waals surface area contributed by atoms with Crippen molar-refractivity contribution in [2.24, 2.45) is 16.8 Å². The SMILES string of the molecule is CC1CCCC(N=Cc2cccc([Si](C)(C)C)c2O)C1C.[Cl][Zr][Cl]. The topological polar surface area (TPSA) is 32.6 Å². The minimum atomic E-state index is -1.51. The number of hydrogen-bond donors (Lipinski definition) is 1. The summed E-state index contributed by atoms with van der Waals surface area (Å²) in [6.45, 7) is 11.4. The van der Waals surface area contributed by atoms with Gasteiger partial charge in [-0.2, -0.15) is 0 Å². The number of aromatic hydroxyl groups is 1. The molecule has 1 fully saturated rings. The summed E-state index contributed by atoms with van der Waals surface area (Å²) >= 11 is -0.826. The fourth-order valence-corrected chi connectivity index (χ4v) is 4.66. The molecule has 0 aromatic heterocycles. The van der Waals surface area contributed by atoms with Crippen molar-refractivity contribution >= 4 is 36.5 Å². The Hall–Kier alpha value is 0.370. The van der Waals surface area contributed by atoms with Crippen LogP contribution < -0.4 is 5.19 Å². The van der Waals surface area contributed by atoms with Gasteiger partial charge in [0.1, 0.15) is 5.75 Å². The van der Waals surface area contributed by atoms with Gasteiger partial charge in [0.2, 0.25) is 0 Å². The van der Waals surface area contributed by atoms with Crippen LogP contribution in [0, 0.1) is 11.8 Å². The van der Waals surface area contributed by atoms with Crippen LogP contribution in [0.25, 0.3) is 0 Å². The van der Waals surface area contributed by atoms with Gasteiger partial charge in [0.15, 0.2) is 0 Å². The van der Waals surface area contributed by atoms with Crippen LogP contribution in [0.5, 0.6) is 5.75 Å². The van der Waals surface area contributed by atoms with Gasteiger partial charge in [0.25, 0.3) is 0 Å². The first-order valence-electron chi connectivity index (χ1n) is 8.54. The Bertz CT molecular complexity index is 548. The first kappa shape index (κ1) is 22.4. The van der Waals surface area contributed by atoms with Gasteiger partial charge >= 0.3 is 37.9 Å². The van der Waals surface area contributed by atoms with Crippen LogP contribution in [-0.4, -0.2) is 25.4 Å². The Balaban J connectivity index is 0.000000891. The van der Waals surface area contributed by atoms with E-state index in [-0.39, 0.29) is 0 Å². The molecule has 0 aliphatic heterocycles. The standard InChI is InChI=1S/C18H29NOSi.2ClH.Zr/c1-13-8-6-10-16(14(13)2)19-12-15-9-7-11-17(18(15)20)21(3,4)5;;;/h7,9,11-14,16,20H,6,8,10H2,1-5H3;2*1H;/q;;;+2/p-2. The maximum atomic E-state index is 10.5. The van der Waals surface area contributed by atoms with E-state index < -0.39 is 28.9 Å². The molecule has 1 aromatic carbocycles. The molecule has 1 aliphatic carbocycles. The molecule has 0 saturated heterocycles. The predicted octanol–water partition coefficient (Wildman–Crippen LogP) is 5.56. The predicted molar refractivity (Wildman–Crippen MR) is 106 cm³/mol. The van der Waals surface area contributed by atoms with E-state index in [9.17, 15) is 5.11 Å². The molecule has 0 amide bonds. The summed E-state index contributed by atoms with van der Waals surface area (Å²) in [6, 6.07) is 6.48. The van der Waals surface area contributed by atoms with E-state index in [1.54, 1.807) is 0 Å². The molecule has 0 heterocycles. The zero-order chi connectivity index (χ0) is 18.3. The molecule has 2 rings (SSSR count). The van der Waals surface area contributed by atoms with Crippen LogP contribution in [-0.2, 0) is 20.8 Å². The van der Waals surface area contributed by atoms with Crippen molar-refractivity contribution in [2.75, 3.05) is 0 Å². The summed E-state index contributed by atoms with van der Waals surface area (Å²) in [6.07, 6.45) is 5.67. The average molecular weight is 466 g/mol. The van der Waals surface area contributed by atoms with Crippen molar-refractivity contribution in [1.29, 1.82) is 0 Å². The Labute approximate surface area is 166 Å². The second kappa shape index (κ2) is 10.5. The van der Waals surface area contributed by atoms with E-state index in [1.165, 1.54) is 19.3 Å². The number of benzene rings is 1. The number of halogens is 2. The van der Waals surface area contributed by atoms with Gasteiger partial charge in [0, 0.05) is 11.8 Å². The fraction of sp³-hybridized carbons (Fsp3) is 0.611. The van der Waals surface area contributed by atoms with E-state index in [2.05, 4.69) is 39.6 Å². The van der Waals surface area contributed by atoms with Crippen LogP contribution in [0.1, 0.15) is 38.7 Å². The monoisotopic (exact) mass is 463 g/mol. The van der Waals surface area contributed by atoms with E-state index in [4.69, 9.17) is 22.0 Å². The summed E-state index contributed by atoms with van der Waals surface area (Å²) in [7, 11) is 8.35. The van der Waals surface area contributed by atoms with E-state index in [1.807, 2.05) is 18.3 Å². The fourth-order valence-electron chi connectivity index (χ4n) is 3.21. The molecule has 0 spiro atoms. The third-order valence-electron chi connectivity index (χ3n) is 4.94. The van der Waals surface area contributed by atoms with Crippen molar-refractivity contribution in [2.45, 2.75) is 58.8 Å². The molecule has 3 atom stereocenters. The van der Waals surface area contributed by atoms with Gasteiger partial charge in [0.05, 0.1) is 14.1 Å². The number of rotatable bonds is 3. The van der Waals surface area contributed by atoms with Gasteiger partial charge in [-0.15, -0.1) is 0 Å². The summed E-state index contributed by atoms with van der Waals surface area (Å²) in [5.74, 6) is 1.83. The average Bonchev–Trinajstić information content (AvgIpc) is 2.49. The molecule has 1 N–H and O–H groups in total. The van der Waals surface area contributed by atoms with Crippen molar-refractivity contribution in [3.63, 3.8) is 0 Å². The van der Waals surface area contributed by atoms with Crippen LogP contribution in [0.3, 0.4) is 0 Å². The van der Waals surface area contributed by atoms with E-state index in [0.717, 1.165) is 16.7 Å².